The van der Waals surface area contributed by atoms with Crippen LogP contribution in [0.1, 0.15) is 258 Å². The molecule has 8 heteroatoms. The van der Waals surface area contributed by atoms with Crippen LogP contribution in [0.4, 0.5) is 0 Å². The first kappa shape index (κ1) is 74.8. The Morgan fingerprint density at radius 1 is 0.323 bits per heavy atom. The van der Waals surface area contributed by atoms with Crippen molar-refractivity contribution in [1.82, 2.24) is 9.13 Å². The fraction of sp³-hybridized carbons (Fsp3) is 0.473. The van der Waals surface area contributed by atoms with Crippen LogP contribution in [0.25, 0.3) is 77.2 Å². The summed E-state index contributed by atoms with van der Waals surface area (Å²) in [6.45, 7) is 63.8. The lowest BCUT2D eigenvalue weighted by Crippen LogP contribution is -2.27. The number of aromatic nitrogens is 2. The molecular weight excluding hydrogens is 1260 g/mol. The van der Waals surface area contributed by atoms with Crippen molar-refractivity contribution in [2.24, 2.45) is 10.8 Å². The summed E-state index contributed by atoms with van der Waals surface area (Å²) >= 11 is 14.6. The van der Waals surface area contributed by atoms with Gasteiger partial charge in [0.05, 0.1) is 35.3 Å². The topological polar surface area (TPSA) is 68.8 Å². The van der Waals surface area contributed by atoms with Crippen molar-refractivity contribution in [2.75, 3.05) is 13.2 Å². The summed E-state index contributed by atoms with van der Waals surface area (Å²) in [6, 6.07) is 44.2. The molecule has 0 radical (unpaired) electrons. The van der Waals surface area contributed by atoms with E-state index in [2.05, 4.69) is 312 Å². The molecule has 2 heterocycles. The first-order valence-corrected chi connectivity index (χ1v) is 36.9. The molecule has 10 rings (SSSR count). The van der Waals surface area contributed by atoms with Gasteiger partial charge in [0.15, 0.2) is 23.0 Å². The van der Waals surface area contributed by atoms with E-state index < -0.39 is 10.8 Å². The van der Waals surface area contributed by atoms with E-state index in [4.69, 9.17) is 32.7 Å². The Morgan fingerprint density at radius 2 is 0.596 bits per heavy atom. The molecule has 0 atom stereocenters. The average Bonchev–Trinajstić information content (AvgIpc) is 1.62. The van der Waals surface area contributed by atoms with Gasteiger partial charge in [0.2, 0.25) is 0 Å². The van der Waals surface area contributed by atoms with E-state index >= 15 is 0 Å². The Kier molecular flexibility index (Phi) is 19.3. The molecule has 2 N–H and O–H groups in total. The third-order valence-corrected chi connectivity index (χ3v) is 20.9. The summed E-state index contributed by atoms with van der Waals surface area (Å²) in [5.74, 6) is 1.43. The first-order chi connectivity index (χ1) is 45.3. The quantitative estimate of drug-likeness (QED) is 0.106. The molecule has 2 aromatic heterocycles. The van der Waals surface area contributed by atoms with Gasteiger partial charge in [-0.15, -0.1) is 0 Å². The van der Waals surface area contributed by atoms with Crippen molar-refractivity contribution in [3.63, 3.8) is 0 Å². The molecule has 0 unspecified atom stereocenters. The van der Waals surface area contributed by atoms with Crippen LogP contribution in [0.3, 0.4) is 0 Å². The third-order valence-electron chi connectivity index (χ3n) is 20.3. The number of phenolic OH excluding ortho intramolecular Hbond substituents is 2. The van der Waals surface area contributed by atoms with Gasteiger partial charge in [0.25, 0.3) is 0 Å². The molecule has 99 heavy (non-hydrogen) atoms. The smallest absolute Gasteiger partial charge is 0.151 e. The molecule has 0 amide bonds. The zero-order valence-electron chi connectivity index (χ0n) is 65.4. The zero-order chi connectivity index (χ0) is 73.4. The lowest BCUT2D eigenvalue weighted by Gasteiger charge is -2.36. The molecule has 0 saturated heterocycles. The van der Waals surface area contributed by atoms with Crippen LogP contribution in [0.2, 0.25) is 10.0 Å². The average molecular weight is 1370 g/mol. The minimum atomic E-state index is -0.489. The van der Waals surface area contributed by atoms with Gasteiger partial charge in [-0.05, 0) is 184 Å². The molecule has 6 nitrogen and oxygen atoms in total. The first-order valence-electron chi connectivity index (χ1n) is 36.1. The minimum absolute atomic E-state index is 0.0936. The number of phenols is 2. The van der Waals surface area contributed by atoms with Gasteiger partial charge in [-0.25, -0.2) is 0 Å². The summed E-state index contributed by atoms with van der Waals surface area (Å²) in [7, 11) is 0. The van der Waals surface area contributed by atoms with Crippen molar-refractivity contribution in [2.45, 2.75) is 256 Å². The van der Waals surface area contributed by atoms with Crippen LogP contribution in [0, 0.1) is 10.8 Å². The van der Waals surface area contributed by atoms with Crippen molar-refractivity contribution in [3.8, 4) is 56.6 Å². The standard InChI is InChI=1S/C91H116Cl2N2O4/c1-82(2,3)52-90(25,26)68-50-60(54-30-36-66(70(92)44-54)88(19,20)21)78(96)76(94-72-38-32-56(84(7,8)9)46-62(72)63-47-57(85(10,11)12)33-39-73(63)94)80(68)98-42-29-43-99-81-69(91(27,28)53-83(4,5)6)51-61(55-31-37-67(71(93)45-55)89(22,23)24)79(97)77(81)95-74-40-34-58(86(13,14)15)48-64(74)65-49-59(87(16,17)18)35-41-75(65)95/h30-41,44-51,96-97H,29,42-43,52-53H2,1-28H3. The van der Waals surface area contributed by atoms with Gasteiger partial charge in [-0.3, -0.25) is 0 Å². The maximum atomic E-state index is 13.7. The van der Waals surface area contributed by atoms with Gasteiger partial charge in [0.1, 0.15) is 11.4 Å². The summed E-state index contributed by atoms with van der Waals surface area (Å²) < 4.78 is 19.7. The van der Waals surface area contributed by atoms with Crippen LogP contribution < -0.4 is 9.47 Å². The van der Waals surface area contributed by atoms with E-state index in [9.17, 15) is 10.2 Å². The van der Waals surface area contributed by atoms with E-state index in [-0.39, 0.29) is 68.0 Å². The number of hydrogen-bond donors (Lipinski definition) is 2. The number of hydrogen-bond acceptors (Lipinski definition) is 4. The van der Waals surface area contributed by atoms with Gasteiger partial charge < -0.3 is 28.8 Å². The van der Waals surface area contributed by atoms with Crippen LogP contribution in [-0.2, 0) is 43.3 Å². The summed E-state index contributed by atoms with van der Waals surface area (Å²) in [4.78, 5) is 0. The summed E-state index contributed by atoms with van der Waals surface area (Å²) in [5.41, 5.74) is 14.9. The van der Waals surface area contributed by atoms with Gasteiger partial charge in [0, 0.05) is 60.3 Å². The fourth-order valence-corrected chi connectivity index (χ4v) is 16.6. The normalized spacial score (nSPS) is 13.6. The Labute approximate surface area is 604 Å². The highest BCUT2D eigenvalue weighted by molar-refractivity contribution is 6.32. The van der Waals surface area contributed by atoms with E-state index in [0.717, 1.165) is 89.8 Å². The Morgan fingerprint density at radius 3 is 0.828 bits per heavy atom. The lowest BCUT2D eigenvalue weighted by molar-refractivity contribution is 0.229. The maximum absolute atomic E-state index is 13.7. The predicted molar refractivity (Wildman–Crippen MR) is 428 cm³/mol. The molecular formula is C91H116Cl2N2O4. The molecule has 0 aliphatic heterocycles. The molecule has 0 saturated carbocycles. The lowest BCUT2D eigenvalue weighted by atomic mass is 9.71. The highest BCUT2D eigenvalue weighted by Gasteiger charge is 2.39. The second-order valence-corrected chi connectivity index (χ2v) is 39.6. The predicted octanol–water partition coefficient (Wildman–Crippen LogP) is 27.0. The fourth-order valence-electron chi connectivity index (χ4n) is 15.7. The number of rotatable bonds is 14. The van der Waals surface area contributed by atoms with Gasteiger partial charge >= 0.3 is 0 Å². The number of halogens is 2. The monoisotopic (exact) mass is 1370 g/mol. The number of benzene rings is 8. The number of nitrogens with zero attached hydrogens (tertiary/aromatic N) is 2. The van der Waals surface area contributed by atoms with E-state index in [1.54, 1.807) is 0 Å². The third kappa shape index (κ3) is 15.1. The van der Waals surface area contributed by atoms with Gasteiger partial charge in [-0.1, -0.05) is 266 Å². The van der Waals surface area contributed by atoms with E-state index in [0.29, 0.717) is 50.5 Å². The molecule has 0 bridgehead atoms. The number of fused-ring (bicyclic) bond motifs is 6. The highest BCUT2D eigenvalue weighted by atomic mass is 35.5. The molecule has 0 spiro atoms. The SMILES string of the molecule is CC(C)(C)CC(C)(C)c1cc(-c2ccc(C(C)(C)C)c(Cl)c2)c(O)c(-n2c3ccc(C(C)(C)C)cc3c3cc(C(C)(C)C)ccc32)c1OCCCOc1c(C(C)(C)CC(C)(C)C)cc(-c2ccc(C(C)(C)C)c(Cl)c2)c(O)c1-n1c2ccc(C(C)(C)C)cc2c2cc(C(C)(C)C)ccc21. The van der Waals surface area contributed by atoms with Crippen molar-refractivity contribution in [1.29, 1.82) is 0 Å². The molecule has 8 aromatic carbocycles. The Hall–Kier alpha value is -6.86. The van der Waals surface area contributed by atoms with Crippen LogP contribution in [0.5, 0.6) is 23.0 Å². The van der Waals surface area contributed by atoms with Crippen LogP contribution in [0.15, 0.2) is 121 Å². The maximum Gasteiger partial charge on any atom is 0.151 e. The van der Waals surface area contributed by atoms with Crippen molar-refractivity contribution < 1.29 is 19.7 Å². The molecule has 0 aliphatic carbocycles. The van der Waals surface area contributed by atoms with Crippen LogP contribution >= 0.6 is 23.2 Å². The van der Waals surface area contributed by atoms with Crippen molar-refractivity contribution in [3.05, 3.63) is 176 Å². The molecule has 0 aliphatic rings. The molecule has 0 fully saturated rings. The number of aromatic hydroxyl groups is 2. The van der Waals surface area contributed by atoms with Gasteiger partial charge in [-0.2, -0.15) is 0 Å². The highest BCUT2D eigenvalue weighted by Crippen LogP contribution is 2.55. The molecule has 528 valence electrons. The largest absolute Gasteiger partial charge is 0.505 e. The van der Waals surface area contributed by atoms with Crippen molar-refractivity contribution >= 4 is 66.8 Å². The molecule has 10 aromatic rings. The van der Waals surface area contributed by atoms with E-state index in [1.165, 1.54) is 22.3 Å². The van der Waals surface area contributed by atoms with E-state index in [1.807, 2.05) is 12.1 Å². The Balaban J connectivity index is 1.23. The second-order valence-electron chi connectivity index (χ2n) is 38.8. The summed E-state index contributed by atoms with van der Waals surface area (Å²) in [5, 5.41) is 33.2. The zero-order valence-corrected chi connectivity index (χ0v) is 67.0. The van der Waals surface area contributed by atoms with Crippen LogP contribution in [-0.4, -0.2) is 32.6 Å². The second kappa shape index (κ2) is 25.6. The minimum Gasteiger partial charge on any atom is -0.505 e. The number of ether oxygens (including phenoxy) is 2. The summed E-state index contributed by atoms with van der Waals surface area (Å²) in [6.07, 6.45) is 2.07. The Bertz CT molecular complexity index is 4310.